The van der Waals surface area contributed by atoms with E-state index in [1.165, 1.54) is 0 Å². The van der Waals surface area contributed by atoms with Gasteiger partial charge in [0.1, 0.15) is 5.69 Å². The van der Waals surface area contributed by atoms with Crippen LogP contribution in [0.2, 0.25) is 0 Å². The minimum Gasteiger partial charge on any atom is -0.229 e. The standard InChI is InChI=1S/C13H7F3N2/c14-13(15,16)11-8-9-17-12(18-11)7-6-10-4-2-1-3-5-10/h1-5,8-9H. The third-order valence-electron chi connectivity index (χ3n) is 2.04. The molecule has 90 valence electrons. The van der Waals surface area contributed by atoms with Crippen LogP contribution in [0.1, 0.15) is 17.1 Å². The topological polar surface area (TPSA) is 25.8 Å². The highest BCUT2D eigenvalue weighted by Crippen LogP contribution is 2.26. The van der Waals surface area contributed by atoms with E-state index in [0.29, 0.717) is 5.56 Å². The van der Waals surface area contributed by atoms with Gasteiger partial charge in [-0.05, 0) is 24.1 Å². The lowest BCUT2D eigenvalue weighted by Gasteiger charge is -2.03. The number of halogens is 3. The summed E-state index contributed by atoms with van der Waals surface area (Å²) in [6.07, 6.45) is -3.43. The van der Waals surface area contributed by atoms with Crippen molar-refractivity contribution in [1.82, 2.24) is 9.97 Å². The van der Waals surface area contributed by atoms with Crippen LogP contribution in [0.15, 0.2) is 42.6 Å². The van der Waals surface area contributed by atoms with E-state index in [0.717, 1.165) is 12.3 Å². The molecule has 1 heterocycles. The number of aromatic nitrogens is 2. The average Bonchev–Trinajstić information content (AvgIpc) is 2.37. The van der Waals surface area contributed by atoms with Crippen molar-refractivity contribution in [2.75, 3.05) is 0 Å². The molecule has 18 heavy (non-hydrogen) atoms. The molecule has 0 bridgehead atoms. The fourth-order valence-electron chi connectivity index (χ4n) is 1.23. The van der Waals surface area contributed by atoms with Crippen LogP contribution < -0.4 is 0 Å². The Hall–Kier alpha value is -2.35. The molecule has 2 rings (SSSR count). The molecule has 0 unspecified atom stereocenters. The molecular weight excluding hydrogens is 241 g/mol. The summed E-state index contributed by atoms with van der Waals surface area (Å²) < 4.78 is 37.2. The summed E-state index contributed by atoms with van der Waals surface area (Å²) >= 11 is 0. The number of rotatable bonds is 0. The van der Waals surface area contributed by atoms with Gasteiger partial charge in [-0.3, -0.25) is 0 Å². The zero-order valence-corrected chi connectivity index (χ0v) is 9.07. The molecule has 1 aromatic carbocycles. The second-order valence-electron chi connectivity index (χ2n) is 3.38. The van der Waals surface area contributed by atoms with Gasteiger partial charge in [0.2, 0.25) is 5.82 Å². The largest absolute Gasteiger partial charge is 0.433 e. The van der Waals surface area contributed by atoms with Crippen LogP contribution in [0.4, 0.5) is 13.2 Å². The number of hydrogen-bond acceptors (Lipinski definition) is 2. The number of alkyl halides is 3. The van der Waals surface area contributed by atoms with Gasteiger partial charge in [0.15, 0.2) is 0 Å². The first-order valence-corrected chi connectivity index (χ1v) is 5.03. The van der Waals surface area contributed by atoms with Crippen molar-refractivity contribution in [3.05, 3.63) is 59.7 Å². The van der Waals surface area contributed by atoms with E-state index in [1.54, 1.807) is 24.3 Å². The minimum absolute atomic E-state index is 0.145. The van der Waals surface area contributed by atoms with Crippen LogP contribution in [-0.2, 0) is 6.18 Å². The van der Waals surface area contributed by atoms with Crippen LogP contribution >= 0.6 is 0 Å². The summed E-state index contributed by atoms with van der Waals surface area (Å²) in [5.74, 6) is 5.05. The molecule has 0 aliphatic carbocycles. The molecule has 0 atom stereocenters. The van der Waals surface area contributed by atoms with Crippen molar-refractivity contribution in [3.8, 4) is 11.8 Å². The average molecular weight is 248 g/mol. The Bertz CT molecular complexity index is 595. The lowest BCUT2D eigenvalue weighted by molar-refractivity contribution is -0.141. The molecule has 5 heteroatoms. The quantitative estimate of drug-likeness (QED) is 0.670. The summed E-state index contributed by atoms with van der Waals surface area (Å²) in [4.78, 5) is 7.03. The van der Waals surface area contributed by atoms with Crippen molar-refractivity contribution in [2.45, 2.75) is 6.18 Å². The molecule has 0 N–H and O–H groups in total. The zero-order chi connectivity index (χ0) is 13.0. The molecule has 0 radical (unpaired) electrons. The van der Waals surface area contributed by atoms with E-state index in [1.807, 2.05) is 6.07 Å². The Morgan fingerprint density at radius 2 is 1.67 bits per heavy atom. The number of nitrogens with zero attached hydrogens (tertiary/aromatic N) is 2. The smallest absolute Gasteiger partial charge is 0.229 e. The molecular formula is C13H7F3N2. The second-order valence-corrected chi connectivity index (χ2v) is 3.38. The lowest BCUT2D eigenvalue weighted by Crippen LogP contribution is -2.09. The Morgan fingerprint density at radius 3 is 2.33 bits per heavy atom. The van der Waals surface area contributed by atoms with Gasteiger partial charge in [-0.1, -0.05) is 24.1 Å². The van der Waals surface area contributed by atoms with Crippen LogP contribution in [0, 0.1) is 11.8 Å². The summed E-state index contributed by atoms with van der Waals surface area (Å²) in [7, 11) is 0. The maximum Gasteiger partial charge on any atom is 0.433 e. The SMILES string of the molecule is FC(F)(F)c1ccnc(C#Cc2ccccc2)n1. The Morgan fingerprint density at radius 1 is 0.944 bits per heavy atom. The predicted octanol–water partition coefficient (Wildman–Crippen LogP) is 2.90. The van der Waals surface area contributed by atoms with E-state index in [2.05, 4.69) is 21.8 Å². The first-order valence-electron chi connectivity index (χ1n) is 5.03. The third-order valence-corrected chi connectivity index (χ3v) is 2.04. The van der Waals surface area contributed by atoms with Crippen LogP contribution in [-0.4, -0.2) is 9.97 Å². The molecule has 2 aromatic rings. The van der Waals surface area contributed by atoms with E-state index in [4.69, 9.17) is 0 Å². The van der Waals surface area contributed by atoms with E-state index >= 15 is 0 Å². The third kappa shape index (κ3) is 3.08. The van der Waals surface area contributed by atoms with Gasteiger partial charge in [0, 0.05) is 11.8 Å². The first kappa shape index (κ1) is 12.1. The minimum atomic E-state index is -4.48. The normalized spacial score (nSPS) is 10.6. The maximum atomic E-state index is 12.4. The van der Waals surface area contributed by atoms with Crippen molar-refractivity contribution >= 4 is 0 Å². The van der Waals surface area contributed by atoms with Crippen LogP contribution in [0.5, 0.6) is 0 Å². The monoisotopic (exact) mass is 248 g/mol. The Balaban J connectivity index is 2.29. The molecule has 1 aromatic heterocycles. The van der Waals surface area contributed by atoms with Gasteiger partial charge in [-0.2, -0.15) is 13.2 Å². The van der Waals surface area contributed by atoms with Gasteiger partial charge in [0.05, 0.1) is 0 Å². The summed E-state index contributed by atoms with van der Waals surface area (Å²) in [6.45, 7) is 0. The van der Waals surface area contributed by atoms with Crippen molar-refractivity contribution in [3.63, 3.8) is 0 Å². The number of hydrogen-bond donors (Lipinski definition) is 0. The van der Waals surface area contributed by atoms with E-state index in [9.17, 15) is 13.2 Å². The van der Waals surface area contributed by atoms with E-state index in [-0.39, 0.29) is 5.82 Å². The molecule has 0 saturated heterocycles. The molecule has 0 fully saturated rings. The molecule has 0 aliphatic heterocycles. The van der Waals surface area contributed by atoms with Gasteiger partial charge >= 0.3 is 6.18 Å². The highest BCUT2D eigenvalue weighted by molar-refractivity contribution is 5.37. The maximum absolute atomic E-state index is 12.4. The van der Waals surface area contributed by atoms with Crippen LogP contribution in [0.25, 0.3) is 0 Å². The highest BCUT2D eigenvalue weighted by atomic mass is 19.4. The fourth-order valence-corrected chi connectivity index (χ4v) is 1.23. The predicted molar refractivity (Wildman–Crippen MR) is 59.5 cm³/mol. The van der Waals surface area contributed by atoms with Gasteiger partial charge in [-0.25, -0.2) is 9.97 Å². The first-order chi connectivity index (χ1) is 8.55. The molecule has 0 spiro atoms. The van der Waals surface area contributed by atoms with Crippen molar-refractivity contribution < 1.29 is 13.2 Å². The Kier molecular flexibility index (Phi) is 3.28. The summed E-state index contributed by atoms with van der Waals surface area (Å²) in [5, 5.41) is 0. The van der Waals surface area contributed by atoms with Crippen LogP contribution in [0.3, 0.4) is 0 Å². The van der Waals surface area contributed by atoms with Crippen molar-refractivity contribution in [1.29, 1.82) is 0 Å². The van der Waals surface area contributed by atoms with Gasteiger partial charge in [-0.15, -0.1) is 0 Å². The lowest BCUT2D eigenvalue weighted by atomic mass is 10.2. The molecule has 2 nitrogen and oxygen atoms in total. The summed E-state index contributed by atoms with van der Waals surface area (Å²) in [5.41, 5.74) is -0.298. The number of benzene rings is 1. The molecule has 0 amide bonds. The second kappa shape index (κ2) is 4.88. The molecule has 0 aliphatic rings. The van der Waals surface area contributed by atoms with Gasteiger partial charge in [0.25, 0.3) is 0 Å². The summed E-state index contributed by atoms with van der Waals surface area (Å²) in [6, 6.07) is 9.72. The van der Waals surface area contributed by atoms with Crippen molar-refractivity contribution in [2.24, 2.45) is 0 Å². The fraction of sp³-hybridized carbons (Fsp3) is 0.0769. The zero-order valence-electron chi connectivity index (χ0n) is 9.07. The van der Waals surface area contributed by atoms with E-state index < -0.39 is 11.9 Å². The molecule has 0 saturated carbocycles. The Labute approximate surface area is 102 Å². The highest BCUT2D eigenvalue weighted by Gasteiger charge is 2.32. The van der Waals surface area contributed by atoms with Gasteiger partial charge < -0.3 is 0 Å².